The van der Waals surface area contributed by atoms with E-state index in [0.717, 1.165) is 22.6 Å². The fraction of sp³-hybridized carbons (Fsp3) is 0.143. The smallest absolute Gasteiger partial charge is 0.260 e. The van der Waals surface area contributed by atoms with Gasteiger partial charge < -0.3 is 15.6 Å². The van der Waals surface area contributed by atoms with Crippen LogP contribution in [0, 0.1) is 19.3 Å². The molecule has 2 aromatic carbocycles. The highest BCUT2D eigenvalue weighted by atomic mass is 35.5. The molecule has 0 aliphatic heterocycles. The van der Waals surface area contributed by atoms with Crippen molar-refractivity contribution in [2.24, 2.45) is 5.73 Å². The molecule has 0 bridgehead atoms. The number of amides is 1. The largest absolute Gasteiger partial charge is 0.384 e. The van der Waals surface area contributed by atoms with Gasteiger partial charge in [-0.3, -0.25) is 10.2 Å². The number of benzene rings is 2. The molecule has 3 rings (SSSR count). The van der Waals surface area contributed by atoms with E-state index in [1.54, 1.807) is 29.2 Å². The van der Waals surface area contributed by atoms with Crippen LogP contribution in [-0.4, -0.2) is 16.7 Å². The molecule has 3 aromatic rings. The van der Waals surface area contributed by atoms with Gasteiger partial charge in [-0.25, -0.2) is 0 Å². The molecule has 0 aliphatic carbocycles. The number of nitrogens with two attached hydrogens (primary N) is 1. The van der Waals surface area contributed by atoms with Crippen LogP contribution < -0.4 is 10.6 Å². The Morgan fingerprint density at radius 3 is 2.26 bits per heavy atom. The molecule has 0 saturated heterocycles. The number of aryl methyl sites for hydroxylation is 2. The molecule has 138 valence electrons. The van der Waals surface area contributed by atoms with E-state index >= 15 is 0 Å². The van der Waals surface area contributed by atoms with Crippen molar-refractivity contribution in [3.8, 4) is 0 Å². The van der Waals surface area contributed by atoms with Crippen molar-refractivity contribution in [1.82, 2.24) is 4.98 Å². The molecule has 1 heterocycles. The molecule has 4 N–H and O–H groups in total. The second-order valence-corrected chi connectivity index (χ2v) is 6.91. The molecule has 5 nitrogen and oxygen atoms in total. The maximum atomic E-state index is 13.3. The lowest BCUT2D eigenvalue weighted by molar-refractivity contribution is 0.0984. The van der Waals surface area contributed by atoms with E-state index < -0.39 is 0 Å². The van der Waals surface area contributed by atoms with Gasteiger partial charge >= 0.3 is 0 Å². The monoisotopic (exact) mass is 380 g/mol. The van der Waals surface area contributed by atoms with Crippen LogP contribution >= 0.6 is 11.6 Å². The van der Waals surface area contributed by atoms with Gasteiger partial charge in [-0.2, -0.15) is 0 Å². The first-order valence-corrected chi connectivity index (χ1v) is 8.90. The number of hydrogen-bond donors (Lipinski definition) is 3. The van der Waals surface area contributed by atoms with Crippen LogP contribution in [0.3, 0.4) is 0 Å². The SMILES string of the molecule is Cc1cc(C(=O)N(Cc2ccc(C(=N)N)cc2)c2ccc(Cl)cc2)c(C)[nH]1. The summed E-state index contributed by atoms with van der Waals surface area (Å²) in [4.78, 5) is 18.2. The number of amidine groups is 1. The second kappa shape index (κ2) is 7.68. The van der Waals surface area contributed by atoms with E-state index in [4.69, 9.17) is 22.7 Å². The van der Waals surface area contributed by atoms with E-state index in [1.807, 2.05) is 44.2 Å². The zero-order chi connectivity index (χ0) is 19.6. The first-order chi connectivity index (χ1) is 12.8. The Labute approximate surface area is 163 Å². The Morgan fingerprint density at radius 2 is 1.74 bits per heavy atom. The molecule has 0 spiro atoms. The highest BCUT2D eigenvalue weighted by Crippen LogP contribution is 2.24. The van der Waals surface area contributed by atoms with Crippen LogP contribution in [0.5, 0.6) is 0 Å². The van der Waals surface area contributed by atoms with Crippen molar-refractivity contribution in [3.05, 3.63) is 87.7 Å². The number of H-pyrrole nitrogens is 1. The lowest BCUT2D eigenvalue weighted by Gasteiger charge is -2.23. The number of nitrogens with one attached hydrogen (secondary N) is 2. The standard InChI is InChI=1S/C21H21ClN4O/c1-13-11-19(14(2)25-13)21(27)26(18-9-7-17(22)8-10-18)12-15-3-5-16(6-4-15)20(23)24/h3-11,25H,12H2,1-2H3,(H3,23,24). The summed E-state index contributed by atoms with van der Waals surface area (Å²) < 4.78 is 0. The number of hydrogen-bond acceptors (Lipinski definition) is 2. The first kappa shape index (κ1) is 18.7. The average molecular weight is 381 g/mol. The Kier molecular flexibility index (Phi) is 5.33. The highest BCUT2D eigenvalue weighted by molar-refractivity contribution is 6.30. The van der Waals surface area contributed by atoms with Crippen molar-refractivity contribution in [1.29, 1.82) is 5.41 Å². The van der Waals surface area contributed by atoms with Gasteiger partial charge in [0.15, 0.2) is 0 Å². The summed E-state index contributed by atoms with van der Waals surface area (Å²) >= 11 is 6.01. The molecule has 6 heteroatoms. The third-order valence-corrected chi connectivity index (χ3v) is 4.62. The van der Waals surface area contributed by atoms with Gasteiger partial charge in [0.2, 0.25) is 0 Å². The number of rotatable bonds is 5. The van der Waals surface area contributed by atoms with Gasteiger partial charge in [0.25, 0.3) is 5.91 Å². The summed E-state index contributed by atoms with van der Waals surface area (Å²) in [5.74, 6) is -0.0691. The molecule has 0 radical (unpaired) electrons. The molecular formula is C21H21ClN4O. The van der Waals surface area contributed by atoms with Gasteiger partial charge in [0, 0.05) is 27.7 Å². The van der Waals surface area contributed by atoms with E-state index in [-0.39, 0.29) is 11.7 Å². The van der Waals surface area contributed by atoms with Gasteiger partial charge in [-0.1, -0.05) is 35.9 Å². The molecule has 0 atom stereocenters. The van der Waals surface area contributed by atoms with Crippen LogP contribution in [0.2, 0.25) is 5.02 Å². The van der Waals surface area contributed by atoms with Gasteiger partial charge in [0.1, 0.15) is 5.84 Å². The molecule has 1 amide bonds. The van der Waals surface area contributed by atoms with E-state index in [1.165, 1.54) is 0 Å². The predicted molar refractivity (Wildman–Crippen MR) is 110 cm³/mol. The van der Waals surface area contributed by atoms with E-state index in [0.29, 0.717) is 22.7 Å². The molecule has 27 heavy (non-hydrogen) atoms. The van der Waals surface area contributed by atoms with Crippen LogP contribution in [0.1, 0.15) is 32.9 Å². The zero-order valence-electron chi connectivity index (χ0n) is 15.2. The van der Waals surface area contributed by atoms with Gasteiger partial charge in [0.05, 0.1) is 12.1 Å². The molecule has 1 aromatic heterocycles. The number of carbonyl (C=O) groups excluding carboxylic acids is 1. The maximum Gasteiger partial charge on any atom is 0.260 e. The summed E-state index contributed by atoms with van der Waals surface area (Å²) in [5, 5.41) is 8.12. The van der Waals surface area contributed by atoms with Crippen LogP contribution in [-0.2, 0) is 6.54 Å². The van der Waals surface area contributed by atoms with Crippen molar-refractivity contribution in [2.75, 3.05) is 4.90 Å². The number of nitrogen functional groups attached to an aromatic ring is 1. The summed E-state index contributed by atoms with van der Waals surface area (Å²) in [6.07, 6.45) is 0. The van der Waals surface area contributed by atoms with E-state index in [9.17, 15) is 4.79 Å². The number of aromatic amines is 1. The Bertz CT molecular complexity index is 974. The minimum absolute atomic E-state index is 0.0191. The van der Waals surface area contributed by atoms with Crippen LogP contribution in [0.25, 0.3) is 0 Å². The topological polar surface area (TPSA) is 86.0 Å². The third-order valence-electron chi connectivity index (χ3n) is 4.37. The lowest BCUT2D eigenvalue weighted by Crippen LogP contribution is -2.30. The van der Waals surface area contributed by atoms with Crippen molar-refractivity contribution in [3.63, 3.8) is 0 Å². The number of anilines is 1. The molecule has 0 fully saturated rings. The normalized spacial score (nSPS) is 10.6. The highest BCUT2D eigenvalue weighted by Gasteiger charge is 2.21. The summed E-state index contributed by atoms with van der Waals surface area (Å²) in [6, 6.07) is 16.4. The van der Waals surface area contributed by atoms with Crippen molar-refractivity contribution >= 4 is 29.0 Å². The molecule has 0 aliphatic rings. The average Bonchev–Trinajstić information content (AvgIpc) is 2.98. The predicted octanol–water partition coefficient (Wildman–Crippen LogP) is 4.42. The lowest BCUT2D eigenvalue weighted by atomic mass is 10.1. The molecule has 0 unspecified atom stereocenters. The fourth-order valence-electron chi connectivity index (χ4n) is 2.97. The molecule has 0 saturated carbocycles. The van der Waals surface area contributed by atoms with Gasteiger partial charge in [-0.05, 0) is 49.7 Å². The van der Waals surface area contributed by atoms with Gasteiger partial charge in [-0.15, -0.1) is 0 Å². The number of nitrogens with zero attached hydrogens (tertiary/aromatic N) is 1. The summed E-state index contributed by atoms with van der Waals surface area (Å²) in [6.45, 7) is 4.21. The summed E-state index contributed by atoms with van der Waals surface area (Å²) in [7, 11) is 0. The quantitative estimate of drug-likeness (QED) is 0.452. The Hall–Kier alpha value is -3.05. The minimum Gasteiger partial charge on any atom is -0.384 e. The minimum atomic E-state index is -0.0881. The van der Waals surface area contributed by atoms with Crippen LogP contribution in [0.15, 0.2) is 54.6 Å². The Balaban J connectivity index is 1.96. The Morgan fingerprint density at radius 1 is 1.11 bits per heavy atom. The number of carbonyl (C=O) groups is 1. The maximum absolute atomic E-state index is 13.3. The zero-order valence-corrected chi connectivity index (χ0v) is 16.0. The van der Waals surface area contributed by atoms with E-state index in [2.05, 4.69) is 4.98 Å². The number of aromatic nitrogens is 1. The fourth-order valence-corrected chi connectivity index (χ4v) is 3.09. The van der Waals surface area contributed by atoms with Crippen molar-refractivity contribution in [2.45, 2.75) is 20.4 Å². The number of halogens is 1. The van der Waals surface area contributed by atoms with Crippen molar-refractivity contribution < 1.29 is 4.79 Å². The van der Waals surface area contributed by atoms with Crippen LogP contribution in [0.4, 0.5) is 5.69 Å². The summed E-state index contributed by atoms with van der Waals surface area (Å²) in [5.41, 5.74) is 10.3. The third kappa shape index (κ3) is 4.20. The second-order valence-electron chi connectivity index (χ2n) is 6.47. The molecular weight excluding hydrogens is 360 g/mol. The first-order valence-electron chi connectivity index (χ1n) is 8.52.